The van der Waals surface area contributed by atoms with Crippen molar-refractivity contribution in [2.75, 3.05) is 5.73 Å². The molecule has 82 valence electrons. The highest BCUT2D eigenvalue weighted by molar-refractivity contribution is 5.70. The second-order valence-corrected chi connectivity index (χ2v) is 3.53. The Kier molecular flexibility index (Phi) is 2.72. The lowest BCUT2D eigenvalue weighted by Gasteiger charge is -2.03. The second kappa shape index (κ2) is 4.18. The lowest BCUT2D eigenvalue weighted by molar-refractivity contribution is 0.792. The Morgan fingerprint density at radius 2 is 2.38 bits per heavy atom. The fourth-order valence-electron chi connectivity index (χ4n) is 1.66. The molecule has 2 N–H and O–H groups in total. The van der Waals surface area contributed by atoms with Crippen LogP contribution in [0.25, 0.3) is 11.3 Å². The number of imidazole rings is 1. The largest absolute Gasteiger partial charge is 0.383 e. The van der Waals surface area contributed by atoms with Gasteiger partial charge in [-0.05, 0) is 19.1 Å². The fraction of sp³-hybridized carbons (Fsp3) is 0.167. The molecular formula is C12H14N4. The Bertz CT molecular complexity index is 499. The first-order valence-corrected chi connectivity index (χ1v) is 5.08. The third-order valence-corrected chi connectivity index (χ3v) is 2.44. The molecule has 2 aromatic rings. The summed E-state index contributed by atoms with van der Waals surface area (Å²) in [6.45, 7) is 6.31. The quantitative estimate of drug-likeness (QED) is 0.795. The van der Waals surface area contributed by atoms with E-state index in [0.29, 0.717) is 12.4 Å². The van der Waals surface area contributed by atoms with E-state index < -0.39 is 0 Å². The average Bonchev–Trinajstić information content (AvgIpc) is 2.59. The normalized spacial score (nSPS) is 10.3. The third kappa shape index (κ3) is 1.69. The number of nitrogen functional groups attached to an aromatic ring is 1. The van der Waals surface area contributed by atoms with E-state index in [1.54, 1.807) is 18.5 Å². The van der Waals surface area contributed by atoms with Crippen molar-refractivity contribution in [3.8, 4) is 11.3 Å². The van der Waals surface area contributed by atoms with Crippen LogP contribution in [0.15, 0.2) is 37.2 Å². The minimum atomic E-state index is 0.658. The maximum Gasteiger partial charge on any atom is 0.132 e. The molecule has 0 aliphatic heterocycles. The Morgan fingerprint density at radius 1 is 1.56 bits per heavy atom. The molecule has 4 heteroatoms. The molecule has 2 rings (SSSR count). The number of pyridine rings is 1. The van der Waals surface area contributed by atoms with Crippen LogP contribution < -0.4 is 5.73 Å². The molecule has 0 radical (unpaired) electrons. The number of aromatic nitrogens is 3. The summed E-state index contributed by atoms with van der Waals surface area (Å²) in [5.74, 6) is 1.54. The molecule has 0 bridgehead atoms. The van der Waals surface area contributed by atoms with E-state index in [1.165, 1.54) is 0 Å². The van der Waals surface area contributed by atoms with Crippen molar-refractivity contribution >= 4 is 5.82 Å². The number of aryl methyl sites for hydroxylation is 1. The first-order valence-electron chi connectivity index (χ1n) is 5.08. The van der Waals surface area contributed by atoms with Gasteiger partial charge >= 0.3 is 0 Å². The summed E-state index contributed by atoms with van der Waals surface area (Å²) in [6.07, 6.45) is 5.29. The predicted octanol–water partition coefficient (Wildman–Crippen LogP) is 2.02. The van der Waals surface area contributed by atoms with Gasteiger partial charge in [0.1, 0.15) is 17.3 Å². The van der Waals surface area contributed by atoms with Gasteiger partial charge in [0.05, 0.1) is 0 Å². The molecule has 0 saturated carbocycles. The summed E-state index contributed by atoms with van der Waals surface area (Å²) in [5, 5.41) is 0. The average molecular weight is 214 g/mol. The van der Waals surface area contributed by atoms with Gasteiger partial charge in [-0.3, -0.25) is 4.98 Å². The number of hydrogen-bond donors (Lipinski definition) is 1. The summed E-state index contributed by atoms with van der Waals surface area (Å²) < 4.78 is 1.93. The molecule has 0 aliphatic carbocycles. The Balaban J connectivity index is 2.51. The molecule has 16 heavy (non-hydrogen) atoms. The number of rotatable bonds is 3. The van der Waals surface area contributed by atoms with Crippen molar-refractivity contribution < 1.29 is 0 Å². The van der Waals surface area contributed by atoms with Crippen LogP contribution in [0.2, 0.25) is 0 Å². The van der Waals surface area contributed by atoms with Gasteiger partial charge in [-0.15, -0.1) is 6.58 Å². The first kappa shape index (κ1) is 10.4. The monoisotopic (exact) mass is 214 g/mol. The zero-order chi connectivity index (χ0) is 11.5. The van der Waals surface area contributed by atoms with Gasteiger partial charge in [0.15, 0.2) is 0 Å². The predicted molar refractivity (Wildman–Crippen MR) is 64.8 cm³/mol. The number of nitrogens with zero attached hydrogens (tertiary/aromatic N) is 3. The lowest BCUT2D eigenvalue weighted by Crippen LogP contribution is -2.03. The van der Waals surface area contributed by atoms with Crippen molar-refractivity contribution in [3.63, 3.8) is 0 Å². The van der Waals surface area contributed by atoms with Crippen LogP contribution in [-0.2, 0) is 6.54 Å². The van der Waals surface area contributed by atoms with E-state index in [9.17, 15) is 0 Å². The molecule has 0 unspecified atom stereocenters. The minimum Gasteiger partial charge on any atom is -0.383 e. The third-order valence-electron chi connectivity index (χ3n) is 2.44. The highest BCUT2D eigenvalue weighted by Gasteiger charge is 2.12. The van der Waals surface area contributed by atoms with E-state index in [0.717, 1.165) is 17.1 Å². The van der Waals surface area contributed by atoms with Crippen LogP contribution in [0, 0.1) is 6.92 Å². The Labute approximate surface area is 94.5 Å². The zero-order valence-corrected chi connectivity index (χ0v) is 9.22. The fourth-order valence-corrected chi connectivity index (χ4v) is 1.66. The molecule has 0 saturated heterocycles. The van der Waals surface area contributed by atoms with Gasteiger partial charge in [-0.25, -0.2) is 4.98 Å². The van der Waals surface area contributed by atoms with Crippen LogP contribution in [0.3, 0.4) is 0 Å². The van der Waals surface area contributed by atoms with E-state index >= 15 is 0 Å². The van der Waals surface area contributed by atoms with Crippen molar-refractivity contribution in [1.82, 2.24) is 14.5 Å². The zero-order valence-electron chi connectivity index (χ0n) is 9.22. The number of hydrogen-bond acceptors (Lipinski definition) is 3. The van der Waals surface area contributed by atoms with Crippen molar-refractivity contribution in [3.05, 3.63) is 43.0 Å². The summed E-state index contributed by atoms with van der Waals surface area (Å²) in [6, 6.07) is 3.82. The van der Waals surface area contributed by atoms with Crippen molar-refractivity contribution in [2.24, 2.45) is 0 Å². The van der Waals surface area contributed by atoms with E-state index in [2.05, 4.69) is 16.5 Å². The number of anilines is 1. The summed E-state index contributed by atoms with van der Waals surface area (Å²) in [7, 11) is 0. The van der Waals surface area contributed by atoms with Crippen LogP contribution in [0.4, 0.5) is 5.82 Å². The van der Waals surface area contributed by atoms with Gasteiger partial charge in [-0.2, -0.15) is 0 Å². The molecular weight excluding hydrogens is 200 g/mol. The summed E-state index contributed by atoms with van der Waals surface area (Å²) >= 11 is 0. The molecule has 0 atom stereocenters. The topological polar surface area (TPSA) is 56.7 Å². The smallest absolute Gasteiger partial charge is 0.132 e. The Morgan fingerprint density at radius 3 is 3.00 bits per heavy atom. The van der Waals surface area contributed by atoms with Gasteiger partial charge in [-0.1, -0.05) is 6.08 Å². The van der Waals surface area contributed by atoms with Crippen LogP contribution in [0.5, 0.6) is 0 Å². The second-order valence-electron chi connectivity index (χ2n) is 3.53. The molecule has 0 aromatic carbocycles. The lowest BCUT2D eigenvalue weighted by atomic mass is 10.2. The molecule has 0 amide bonds. The van der Waals surface area contributed by atoms with Crippen molar-refractivity contribution in [2.45, 2.75) is 13.5 Å². The minimum absolute atomic E-state index is 0.658. The molecule has 2 aromatic heterocycles. The molecule has 0 spiro atoms. The number of allylic oxidation sites excluding steroid dienone is 1. The maximum atomic E-state index is 6.05. The van der Waals surface area contributed by atoms with Crippen LogP contribution in [0.1, 0.15) is 5.82 Å². The summed E-state index contributed by atoms with van der Waals surface area (Å²) in [5.41, 5.74) is 7.77. The first-order chi connectivity index (χ1) is 7.74. The van der Waals surface area contributed by atoms with Gasteiger partial charge in [0.25, 0.3) is 0 Å². The summed E-state index contributed by atoms with van der Waals surface area (Å²) in [4.78, 5) is 8.51. The van der Waals surface area contributed by atoms with Gasteiger partial charge in [0, 0.05) is 24.5 Å². The molecule has 4 nitrogen and oxygen atoms in total. The van der Waals surface area contributed by atoms with Crippen molar-refractivity contribution in [1.29, 1.82) is 0 Å². The van der Waals surface area contributed by atoms with Crippen LogP contribution >= 0.6 is 0 Å². The standard InChI is InChI=1S/C12H14N4/c1-3-7-16-9(2)15-11(12(16)13)10-5-4-6-14-8-10/h3-6,8H,1,7,13H2,2H3. The van der Waals surface area contributed by atoms with E-state index in [1.807, 2.05) is 23.6 Å². The van der Waals surface area contributed by atoms with E-state index in [4.69, 9.17) is 5.73 Å². The SMILES string of the molecule is C=CCn1c(C)nc(-c2cccnc2)c1N. The van der Waals surface area contributed by atoms with Gasteiger partial charge < -0.3 is 10.3 Å². The molecule has 0 fully saturated rings. The highest BCUT2D eigenvalue weighted by Crippen LogP contribution is 2.25. The molecule has 2 heterocycles. The Hall–Kier alpha value is -2.10. The number of nitrogens with two attached hydrogens (primary N) is 1. The van der Waals surface area contributed by atoms with E-state index in [-0.39, 0.29) is 0 Å². The van der Waals surface area contributed by atoms with Gasteiger partial charge in [0.2, 0.25) is 0 Å². The molecule has 0 aliphatic rings. The maximum absolute atomic E-state index is 6.05. The highest BCUT2D eigenvalue weighted by atomic mass is 15.1. The van der Waals surface area contributed by atoms with Crippen LogP contribution in [-0.4, -0.2) is 14.5 Å².